The largest absolute Gasteiger partial charge is 0.316 e. The van der Waals surface area contributed by atoms with Gasteiger partial charge in [0.1, 0.15) is 0 Å². The first-order chi connectivity index (χ1) is 8.99. The van der Waals surface area contributed by atoms with Gasteiger partial charge in [-0.05, 0) is 18.3 Å². The van der Waals surface area contributed by atoms with Crippen LogP contribution >= 0.6 is 15.9 Å². The van der Waals surface area contributed by atoms with Gasteiger partial charge >= 0.3 is 11.1 Å². The highest BCUT2D eigenvalue weighted by Crippen LogP contribution is 2.33. The summed E-state index contributed by atoms with van der Waals surface area (Å²) in [6, 6.07) is 0. The van der Waals surface area contributed by atoms with Crippen LogP contribution in [-0.2, 0) is 13.6 Å². The first-order valence-electron chi connectivity index (χ1n) is 6.81. The van der Waals surface area contributed by atoms with Crippen molar-refractivity contribution >= 4 is 15.9 Å². The fourth-order valence-corrected chi connectivity index (χ4v) is 3.33. The maximum Gasteiger partial charge on any atom is 0.316 e. The van der Waals surface area contributed by atoms with Crippen LogP contribution in [0.1, 0.15) is 39.5 Å². The smallest absolute Gasteiger partial charge is 0.312 e. The normalized spacial score (nSPS) is 11.8. The van der Waals surface area contributed by atoms with Gasteiger partial charge in [-0.1, -0.05) is 42.6 Å². The Morgan fingerprint density at radius 1 is 1.11 bits per heavy atom. The van der Waals surface area contributed by atoms with E-state index in [2.05, 4.69) is 29.8 Å². The number of hydrogen-bond acceptors (Lipinski definition) is 2. The number of aromatic nitrogens is 2. The van der Waals surface area contributed by atoms with Crippen molar-refractivity contribution in [1.82, 2.24) is 9.13 Å². The number of alkyl halides is 1. The third kappa shape index (κ3) is 3.81. The van der Waals surface area contributed by atoms with Crippen molar-refractivity contribution in [3.05, 3.63) is 33.1 Å². The first kappa shape index (κ1) is 16.2. The van der Waals surface area contributed by atoms with Gasteiger partial charge in [-0.2, -0.15) is 0 Å². The molecule has 0 aromatic carbocycles. The Labute approximate surface area is 122 Å². The summed E-state index contributed by atoms with van der Waals surface area (Å²) in [4.78, 5) is 23.7. The highest BCUT2D eigenvalue weighted by Gasteiger charge is 2.28. The molecule has 0 aliphatic rings. The Morgan fingerprint density at radius 2 is 1.68 bits per heavy atom. The van der Waals surface area contributed by atoms with Crippen molar-refractivity contribution < 1.29 is 0 Å². The van der Waals surface area contributed by atoms with Gasteiger partial charge in [-0.25, -0.2) is 0 Å². The maximum atomic E-state index is 12.0. The molecule has 1 heterocycles. The van der Waals surface area contributed by atoms with Gasteiger partial charge in [0.15, 0.2) is 0 Å². The molecule has 0 bridgehead atoms. The zero-order valence-electron chi connectivity index (χ0n) is 12.0. The van der Waals surface area contributed by atoms with E-state index in [0.717, 1.165) is 31.0 Å². The van der Waals surface area contributed by atoms with E-state index in [0.29, 0.717) is 6.54 Å². The average Bonchev–Trinajstić information content (AvgIpc) is 2.40. The quantitative estimate of drug-likeness (QED) is 0.569. The summed E-state index contributed by atoms with van der Waals surface area (Å²) in [5, 5.41) is 0.851. The lowest BCUT2D eigenvalue weighted by Crippen LogP contribution is -2.43. The highest BCUT2D eigenvalue weighted by molar-refractivity contribution is 9.09. The van der Waals surface area contributed by atoms with Gasteiger partial charge in [0, 0.05) is 31.3 Å². The molecule has 19 heavy (non-hydrogen) atoms. The molecule has 0 aliphatic heterocycles. The van der Waals surface area contributed by atoms with Crippen molar-refractivity contribution in [2.75, 3.05) is 5.33 Å². The monoisotopic (exact) mass is 330 g/mol. The topological polar surface area (TPSA) is 44.0 Å². The van der Waals surface area contributed by atoms with E-state index in [1.54, 1.807) is 24.0 Å². The molecule has 108 valence electrons. The molecule has 1 rings (SSSR count). The van der Waals surface area contributed by atoms with E-state index < -0.39 is 11.1 Å². The third-order valence-electron chi connectivity index (χ3n) is 3.58. The maximum absolute atomic E-state index is 12.0. The summed E-state index contributed by atoms with van der Waals surface area (Å²) in [7, 11) is 1.60. The van der Waals surface area contributed by atoms with Gasteiger partial charge in [0.25, 0.3) is 0 Å². The van der Waals surface area contributed by atoms with E-state index >= 15 is 0 Å². The molecule has 0 saturated heterocycles. The van der Waals surface area contributed by atoms with E-state index in [9.17, 15) is 9.59 Å². The summed E-state index contributed by atoms with van der Waals surface area (Å²) in [5.41, 5.74) is -0.832. The van der Waals surface area contributed by atoms with Gasteiger partial charge < -0.3 is 9.13 Å². The fraction of sp³-hybridized carbons (Fsp3) is 0.714. The molecule has 1 aromatic rings. The molecule has 5 heteroatoms. The van der Waals surface area contributed by atoms with Crippen molar-refractivity contribution in [1.29, 1.82) is 0 Å². The minimum Gasteiger partial charge on any atom is -0.312 e. The molecule has 0 amide bonds. The highest BCUT2D eigenvalue weighted by atomic mass is 79.9. The summed E-state index contributed by atoms with van der Waals surface area (Å²) in [5.74, 6) is 0. The van der Waals surface area contributed by atoms with Gasteiger partial charge in [0.05, 0.1) is 0 Å². The number of halogens is 1. The molecular formula is C14H23BrN2O2. The van der Waals surface area contributed by atoms with Crippen LogP contribution in [-0.4, -0.2) is 14.5 Å². The molecule has 0 atom stereocenters. The second-order valence-corrected chi connectivity index (χ2v) is 5.84. The molecule has 1 aromatic heterocycles. The minimum atomic E-state index is -0.459. The van der Waals surface area contributed by atoms with E-state index in [4.69, 9.17) is 0 Å². The lowest BCUT2D eigenvalue weighted by Gasteiger charge is -2.32. The lowest BCUT2D eigenvalue weighted by molar-refractivity contribution is 0.229. The number of aryl methyl sites for hydroxylation is 1. The fourth-order valence-electron chi connectivity index (χ4n) is 2.60. The van der Waals surface area contributed by atoms with Crippen LogP contribution in [0.5, 0.6) is 0 Å². The van der Waals surface area contributed by atoms with Crippen LogP contribution < -0.4 is 11.1 Å². The van der Waals surface area contributed by atoms with Crippen LogP contribution in [0.4, 0.5) is 0 Å². The average molecular weight is 331 g/mol. The Balaban J connectivity index is 3.13. The Bertz CT molecular complexity index is 513. The van der Waals surface area contributed by atoms with Gasteiger partial charge in [0.2, 0.25) is 0 Å². The van der Waals surface area contributed by atoms with E-state index in [1.807, 2.05) is 0 Å². The summed E-state index contributed by atoms with van der Waals surface area (Å²) < 4.78 is 2.89. The van der Waals surface area contributed by atoms with Crippen LogP contribution in [0.2, 0.25) is 0 Å². The number of hydrogen-bond donors (Lipinski definition) is 0. The molecule has 0 aliphatic carbocycles. The molecule has 0 unspecified atom stereocenters. The van der Waals surface area contributed by atoms with Crippen LogP contribution in [0.25, 0.3) is 0 Å². The molecule has 0 saturated carbocycles. The zero-order chi connectivity index (χ0) is 14.5. The van der Waals surface area contributed by atoms with Crippen LogP contribution in [0.3, 0.4) is 0 Å². The number of nitrogens with zero attached hydrogens (tertiary/aromatic N) is 2. The predicted molar refractivity (Wildman–Crippen MR) is 82.0 cm³/mol. The van der Waals surface area contributed by atoms with Crippen molar-refractivity contribution in [3.63, 3.8) is 0 Å². The molecule has 0 fully saturated rings. The van der Waals surface area contributed by atoms with E-state index in [-0.39, 0.29) is 5.41 Å². The van der Waals surface area contributed by atoms with Gasteiger partial charge in [-0.15, -0.1) is 0 Å². The van der Waals surface area contributed by atoms with Crippen molar-refractivity contribution in [2.45, 2.75) is 46.1 Å². The van der Waals surface area contributed by atoms with Crippen LogP contribution in [0, 0.1) is 5.41 Å². The molecule has 0 N–H and O–H groups in total. The zero-order valence-corrected chi connectivity index (χ0v) is 13.6. The molecule has 0 radical (unpaired) electrons. The van der Waals surface area contributed by atoms with Crippen molar-refractivity contribution in [2.24, 2.45) is 12.5 Å². The second-order valence-electron chi connectivity index (χ2n) is 5.28. The molecule has 4 nitrogen and oxygen atoms in total. The SMILES string of the molecule is CCCC(CBr)(CCC)Cn1ccn(C)c(=O)c1=O. The Kier molecular flexibility index (Phi) is 6.04. The minimum absolute atomic E-state index is 0.0552. The standard InChI is InChI=1S/C14H23BrN2O2/c1-4-6-14(10-15,7-5-2)11-17-9-8-16(3)12(18)13(17)19/h8-9H,4-7,10-11H2,1-3H3. The summed E-state index contributed by atoms with van der Waals surface area (Å²) >= 11 is 3.59. The van der Waals surface area contributed by atoms with Gasteiger partial charge in [-0.3, -0.25) is 9.59 Å². The second kappa shape index (κ2) is 7.08. The van der Waals surface area contributed by atoms with Crippen LogP contribution in [0.15, 0.2) is 22.0 Å². The summed E-state index contributed by atoms with van der Waals surface area (Å²) in [6.45, 7) is 4.91. The molecular weight excluding hydrogens is 308 g/mol. The van der Waals surface area contributed by atoms with E-state index in [1.165, 1.54) is 4.57 Å². The predicted octanol–water partition coefficient (Wildman–Crippen LogP) is 2.53. The lowest BCUT2D eigenvalue weighted by atomic mass is 9.81. The number of rotatable bonds is 7. The Morgan fingerprint density at radius 3 is 2.16 bits per heavy atom. The molecule has 0 spiro atoms. The third-order valence-corrected chi connectivity index (χ3v) is 4.77. The summed E-state index contributed by atoms with van der Waals surface area (Å²) in [6.07, 6.45) is 7.62. The Hall–Kier alpha value is -0.840. The van der Waals surface area contributed by atoms with Crippen molar-refractivity contribution in [3.8, 4) is 0 Å². The first-order valence-corrected chi connectivity index (χ1v) is 7.94.